The molecule has 14 heavy (non-hydrogen) atoms. The standard InChI is InChI=1S/C12H16FN/c1-9-7-11(13)4-3-10(9)8-12(14-2)5-6-12/h3-4,7,14H,5-6,8H2,1-2H3. The number of nitrogens with one attached hydrogen (secondary N) is 1. The Hall–Kier alpha value is -0.890. The first-order valence-electron chi connectivity index (χ1n) is 5.09. The van der Waals surface area contributed by atoms with Crippen LogP contribution in [0.3, 0.4) is 0 Å². The van der Waals surface area contributed by atoms with Crippen molar-refractivity contribution < 1.29 is 4.39 Å². The van der Waals surface area contributed by atoms with Gasteiger partial charge in [-0.15, -0.1) is 0 Å². The smallest absolute Gasteiger partial charge is 0.123 e. The van der Waals surface area contributed by atoms with Gasteiger partial charge in [0.05, 0.1) is 0 Å². The molecule has 2 heteroatoms. The molecule has 0 aromatic heterocycles. The predicted octanol–water partition coefficient (Wildman–Crippen LogP) is 2.43. The summed E-state index contributed by atoms with van der Waals surface area (Å²) in [7, 11) is 2.01. The van der Waals surface area contributed by atoms with Gasteiger partial charge in [-0.1, -0.05) is 6.07 Å². The van der Waals surface area contributed by atoms with Gasteiger partial charge in [-0.3, -0.25) is 0 Å². The second-order valence-corrected chi connectivity index (χ2v) is 4.28. The van der Waals surface area contributed by atoms with Crippen molar-refractivity contribution in [2.45, 2.75) is 31.7 Å². The molecule has 0 radical (unpaired) electrons. The lowest BCUT2D eigenvalue weighted by Gasteiger charge is -2.15. The Balaban J connectivity index is 2.17. The molecule has 1 fully saturated rings. The molecular weight excluding hydrogens is 177 g/mol. The van der Waals surface area contributed by atoms with Gasteiger partial charge in [-0.05, 0) is 56.5 Å². The second kappa shape index (κ2) is 3.35. The van der Waals surface area contributed by atoms with E-state index in [1.165, 1.54) is 18.4 Å². The van der Waals surface area contributed by atoms with Crippen LogP contribution >= 0.6 is 0 Å². The predicted molar refractivity (Wildman–Crippen MR) is 55.9 cm³/mol. The van der Waals surface area contributed by atoms with Crippen LogP contribution in [0.5, 0.6) is 0 Å². The highest BCUT2D eigenvalue weighted by Crippen LogP contribution is 2.38. The largest absolute Gasteiger partial charge is 0.314 e. The molecule has 1 N–H and O–H groups in total. The summed E-state index contributed by atoms with van der Waals surface area (Å²) in [5.41, 5.74) is 2.63. The Morgan fingerprint density at radius 2 is 2.14 bits per heavy atom. The van der Waals surface area contributed by atoms with Crippen molar-refractivity contribution in [1.29, 1.82) is 0 Å². The first kappa shape index (κ1) is 9.66. The second-order valence-electron chi connectivity index (χ2n) is 4.28. The van der Waals surface area contributed by atoms with Gasteiger partial charge in [-0.25, -0.2) is 4.39 Å². The summed E-state index contributed by atoms with van der Waals surface area (Å²) >= 11 is 0. The zero-order valence-electron chi connectivity index (χ0n) is 8.73. The van der Waals surface area contributed by atoms with Crippen LogP contribution in [-0.4, -0.2) is 12.6 Å². The van der Waals surface area contributed by atoms with E-state index < -0.39 is 0 Å². The Morgan fingerprint density at radius 3 is 2.64 bits per heavy atom. The lowest BCUT2D eigenvalue weighted by Crippen LogP contribution is -2.29. The van der Waals surface area contributed by atoms with Crippen LogP contribution in [-0.2, 0) is 6.42 Å². The van der Waals surface area contributed by atoms with E-state index >= 15 is 0 Å². The van der Waals surface area contributed by atoms with E-state index in [9.17, 15) is 4.39 Å². The van der Waals surface area contributed by atoms with Crippen molar-refractivity contribution in [2.75, 3.05) is 7.05 Å². The molecule has 1 aromatic rings. The minimum atomic E-state index is -0.138. The number of rotatable bonds is 3. The molecule has 76 valence electrons. The molecule has 0 saturated heterocycles. The van der Waals surface area contributed by atoms with E-state index in [4.69, 9.17) is 0 Å². The van der Waals surface area contributed by atoms with E-state index in [0.717, 1.165) is 12.0 Å². The lowest BCUT2D eigenvalue weighted by molar-refractivity contribution is 0.546. The Morgan fingerprint density at radius 1 is 1.43 bits per heavy atom. The van der Waals surface area contributed by atoms with Gasteiger partial charge in [0.2, 0.25) is 0 Å². The average molecular weight is 193 g/mol. The van der Waals surface area contributed by atoms with Gasteiger partial charge in [0.25, 0.3) is 0 Å². The van der Waals surface area contributed by atoms with Crippen LogP contribution < -0.4 is 5.32 Å². The molecule has 0 spiro atoms. The number of hydrogen-bond acceptors (Lipinski definition) is 1. The van der Waals surface area contributed by atoms with Gasteiger partial charge in [0.15, 0.2) is 0 Å². The van der Waals surface area contributed by atoms with Gasteiger partial charge in [-0.2, -0.15) is 0 Å². The van der Waals surface area contributed by atoms with Crippen molar-refractivity contribution in [3.63, 3.8) is 0 Å². The first-order chi connectivity index (χ1) is 6.65. The van der Waals surface area contributed by atoms with Gasteiger partial charge >= 0.3 is 0 Å². The zero-order valence-corrected chi connectivity index (χ0v) is 8.73. The fourth-order valence-corrected chi connectivity index (χ4v) is 1.89. The zero-order chi connectivity index (χ0) is 10.2. The normalized spacial score (nSPS) is 18.2. The van der Waals surface area contributed by atoms with E-state index in [1.807, 2.05) is 20.0 Å². The van der Waals surface area contributed by atoms with Gasteiger partial charge < -0.3 is 5.32 Å². The molecule has 0 bridgehead atoms. The molecule has 2 rings (SSSR count). The van der Waals surface area contributed by atoms with Crippen LogP contribution in [0.25, 0.3) is 0 Å². The molecule has 0 heterocycles. The summed E-state index contributed by atoms with van der Waals surface area (Å²) in [4.78, 5) is 0. The molecular formula is C12H16FN. The van der Waals surface area contributed by atoms with E-state index in [2.05, 4.69) is 5.32 Å². The number of likely N-dealkylation sites (N-methyl/N-ethyl adjacent to an activating group) is 1. The fraction of sp³-hybridized carbons (Fsp3) is 0.500. The van der Waals surface area contributed by atoms with Crippen LogP contribution in [0.15, 0.2) is 18.2 Å². The van der Waals surface area contributed by atoms with E-state index in [-0.39, 0.29) is 5.82 Å². The Kier molecular flexibility index (Phi) is 2.31. The monoisotopic (exact) mass is 193 g/mol. The van der Waals surface area contributed by atoms with Crippen LogP contribution in [0, 0.1) is 12.7 Å². The van der Waals surface area contributed by atoms with Crippen molar-refractivity contribution >= 4 is 0 Å². The lowest BCUT2D eigenvalue weighted by atomic mass is 10.00. The molecule has 0 amide bonds. The first-order valence-corrected chi connectivity index (χ1v) is 5.09. The molecule has 0 aliphatic heterocycles. The Bertz CT molecular complexity index is 342. The third kappa shape index (κ3) is 1.80. The molecule has 1 saturated carbocycles. The summed E-state index contributed by atoms with van der Waals surface area (Å²) in [5, 5.41) is 3.35. The summed E-state index contributed by atoms with van der Waals surface area (Å²) < 4.78 is 12.9. The summed E-state index contributed by atoms with van der Waals surface area (Å²) in [6.07, 6.45) is 3.50. The van der Waals surface area contributed by atoms with Gasteiger partial charge in [0, 0.05) is 5.54 Å². The molecule has 0 atom stereocenters. The molecule has 1 aliphatic carbocycles. The highest BCUT2D eigenvalue weighted by molar-refractivity contribution is 5.29. The minimum absolute atomic E-state index is 0.138. The maximum Gasteiger partial charge on any atom is 0.123 e. The van der Waals surface area contributed by atoms with Crippen LogP contribution in [0.4, 0.5) is 4.39 Å². The summed E-state index contributed by atoms with van der Waals surface area (Å²) in [6, 6.07) is 5.07. The maximum atomic E-state index is 12.9. The fourth-order valence-electron chi connectivity index (χ4n) is 1.89. The third-order valence-electron chi connectivity index (χ3n) is 3.22. The number of halogens is 1. The third-order valence-corrected chi connectivity index (χ3v) is 3.22. The van der Waals surface area contributed by atoms with Crippen molar-refractivity contribution in [3.05, 3.63) is 35.1 Å². The number of hydrogen-bond donors (Lipinski definition) is 1. The number of benzene rings is 1. The van der Waals surface area contributed by atoms with Gasteiger partial charge in [0.1, 0.15) is 5.82 Å². The maximum absolute atomic E-state index is 12.9. The highest BCUT2D eigenvalue weighted by atomic mass is 19.1. The molecule has 1 aromatic carbocycles. The quantitative estimate of drug-likeness (QED) is 0.777. The minimum Gasteiger partial charge on any atom is -0.314 e. The SMILES string of the molecule is CNC1(Cc2ccc(F)cc2C)CC1. The van der Waals surface area contributed by atoms with Crippen LogP contribution in [0.1, 0.15) is 24.0 Å². The topological polar surface area (TPSA) is 12.0 Å². The number of aryl methyl sites for hydroxylation is 1. The van der Waals surface area contributed by atoms with E-state index in [1.54, 1.807) is 12.1 Å². The highest BCUT2D eigenvalue weighted by Gasteiger charge is 2.40. The van der Waals surface area contributed by atoms with E-state index in [0.29, 0.717) is 5.54 Å². The molecule has 1 aliphatic rings. The van der Waals surface area contributed by atoms with Crippen molar-refractivity contribution in [3.8, 4) is 0 Å². The van der Waals surface area contributed by atoms with Crippen molar-refractivity contribution in [1.82, 2.24) is 5.32 Å². The summed E-state index contributed by atoms with van der Waals surface area (Å²) in [5.74, 6) is -0.138. The molecule has 0 unspecified atom stereocenters. The summed E-state index contributed by atoms with van der Waals surface area (Å²) in [6.45, 7) is 1.98. The molecule has 1 nitrogen and oxygen atoms in total. The van der Waals surface area contributed by atoms with Crippen LogP contribution in [0.2, 0.25) is 0 Å². The Labute approximate surface area is 84.3 Å². The van der Waals surface area contributed by atoms with Crippen molar-refractivity contribution in [2.24, 2.45) is 0 Å². The average Bonchev–Trinajstić information content (AvgIpc) is 2.91.